The van der Waals surface area contributed by atoms with Gasteiger partial charge in [-0.15, -0.1) is 0 Å². The molecule has 2 aliphatic heterocycles. The van der Waals surface area contributed by atoms with Gasteiger partial charge in [0.05, 0.1) is 0 Å². The van der Waals surface area contributed by atoms with Gasteiger partial charge in [0.1, 0.15) is 11.9 Å². The summed E-state index contributed by atoms with van der Waals surface area (Å²) in [5.41, 5.74) is 7.63. The maximum Gasteiger partial charge on any atom is 0.123 e. The van der Waals surface area contributed by atoms with Crippen molar-refractivity contribution in [1.29, 1.82) is 0 Å². The number of nitrogens with two attached hydrogens (primary N) is 1. The Labute approximate surface area is 102 Å². The molecule has 0 radical (unpaired) electrons. The summed E-state index contributed by atoms with van der Waals surface area (Å²) in [7, 11) is 0. The average Bonchev–Trinajstić information content (AvgIpc) is 2.71. The first-order valence-corrected chi connectivity index (χ1v) is 6.36. The van der Waals surface area contributed by atoms with Crippen LogP contribution >= 0.6 is 0 Å². The molecule has 3 heteroatoms. The van der Waals surface area contributed by atoms with E-state index in [0.717, 1.165) is 44.6 Å². The molecule has 1 fully saturated rings. The van der Waals surface area contributed by atoms with Crippen molar-refractivity contribution in [2.24, 2.45) is 5.73 Å². The molecule has 17 heavy (non-hydrogen) atoms. The van der Waals surface area contributed by atoms with Crippen molar-refractivity contribution in [2.75, 3.05) is 13.2 Å². The number of fused-ring (bicyclic) bond motifs is 1. The van der Waals surface area contributed by atoms with Crippen LogP contribution in [0.25, 0.3) is 0 Å². The second-order valence-corrected chi connectivity index (χ2v) is 5.23. The third kappa shape index (κ3) is 2.31. The Bertz CT molecular complexity index is 374. The second-order valence-electron chi connectivity index (χ2n) is 5.23. The van der Waals surface area contributed by atoms with E-state index in [1.54, 1.807) is 0 Å². The summed E-state index contributed by atoms with van der Waals surface area (Å²) in [5, 5.41) is 0. The molecule has 0 bridgehead atoms. The molecule has 2 N–H and O–H groups in total. The van der Waals surface area contributed by atoms with Crippen LogP contribution in [0.4, 0.5) is 0 Å². The normalized spacial score (nSPS) is 26.3. The Hall–Kier alpha value is -1.06. The van der Waals surface area contributed by atoms with Gasteiger partial charge < -0.3 is 15.2 Å². The zero-order valence-corrected chi connectivity index (χ0v) is 10.0. The van der Waals surface area contributed by atoms with Crippen LogP contribution in [0.2, 0.25) is 0 Å². The molecular weight excluding hydrogens is 214 g/mol. The minimum Gasteiger partial charge on any atom is -0.490 e. The number of benzene rings is 1. The average molecular weight is 233 g/mol. The molecule has 1 aromatic carbocycles. The molecule has 0 aromatic heterocycles. The van der Waals surface area contributed by atoms with E-state index in [1.807, 2.05) is 12.1 Å². The minimum absolute atomic E-state index is 0.0923. The van der Waals surface area contributed by atoms with Crippen molar-refractivity contribution in [3.8, 4) is 5.75 Å². The Morgan fingerprint density at radius 3 is 2.76 bits per heavy atom. The SMILES string of the molecule is NC1(CC2Cc3ccccc3O2)CCOCC1. The van der Waals surface area contributed by atoms with Crippen molar-refractivity contribution in [1.82, 2.24) is 0 Å². The fraction of sp³-hybridized carbons (Fsp3) is 0.571. The molecule has 0 saturated carbocycles. The Morgan fingerprint density at radius 2 is 2.00 bits per heavy atom. The molecule has 0 amide bonds. The van der Waals surface area contributed by atoms with Crippen molar-refractivity contribution in [3.05, 3.63) is 29.8 Å². The largest absolute Gasteiger partial charge is 0.490 e. The second kappa shape index (κ2) is 4.31. The highest BCUT2D eigenvalue weighted by atomic mass is 16.5. The fourth-order valence-electron chi connectivity index (χ4n) is 2.80. The lowest BCUT2D eigenvalue weighted by Crippen LogP contribution is -2.48. The molecule has 2 aliphatic rings. The van der Waals surface area contributed by atoms with Gasteiger partial charge >= 0.3 is 0 Å². The summed E-state index contributed by atoms with van der Waals surface area (Å²) >= 11 is 0. The van der Waals surface area contributed by atoms with Crippen molar-refractivity contribution < 1.29 is 9.47 Å². The zero-order chi connectivity index (χ0) is 11.7. The highest BCUT2D eigenvalue weighted by Crippen LogP contribution is 2.33. The van der Waals surface area contributed by atoms with Gasteiger partial charge in [0.15, 0.2) is 0 Å². The van der Waals surface area contributed by atoms with Crippen LogP contribution in [-0.4, -0.2) is 24.9 Å². The third-order valence-corrected chi connectivity index (χ3v) is 3.84. The van der Waals surface area contributed by atoms with Crippen molar-refractivity contribution >= 4 is 0 Å². The van der Waals surface area contributed by atoms with E-state index in [2.05, 4.69) is 12.1 Å². The highest BCUT2D eigenvalue weighted by Gasteiger charge is 2.34. The molecule has 3 nitrogen and oxygen atoms in total. The molecule has 3 rings (SSSR count). The minimum atomic E-state index is -0.0923. The zero-order valence-electron chi connectivity index (χ0n) is 10.0. The predicted molar refractivity (Wildman–Crippen MR) is 66.2 cm³/mol. The van der Waals surface area contributed by atoms with Crippen LogP contribution in [0.5, 0.6) is 5.75 Å². The Balaban J connectivity index is 1.65. The van der Waals surface area contributed by atoms with Crippen molar-refractivity contribution in [3.63, 3.8) is 0 Å². The lowest BCUT2D eigenvalue weighted by atomic mass is 9.84. The van der Waals surface area contributed by atoms with E-state index in [-0.39, 0.29) is 11.6 Å². The topological polar surface area (TPSA) is 44.5 Å². The highest BCUT2D eigenvalue weighted by molar-refractivity contribution is 5.37. The molecule has 0 aliphatic carbocycles. The van der Waals surface area contributed by atoms with Crippen LogP contribution < -0.4 is 10.5 Å². The first kappa shape index (κ1) is 11.1. The summed E-state index contributed by atoms with van der Waals surface area (Å²) in [5.74, 6) is 1.04. The predicted octanol–water partition coefficient (Wildman–Crippen LogP) is 1.89. The van der Waals surface area contributed by atoms with Gasteiger partial charge in [0.2, 0.25) is 0 Å². The smallest absolute Gasteiger partial charge is 0.123 e. The molecule has 2 heterocycles. The maximum atomic E-state index is 6.41. The van der Waals surface area contributed by atoms with Gasteiger partial charge in [0.25, 0.3) is 0 Å². The Morgan fingerprint density at radius 1 is 1.24 bits per heavy atom. The number of ether oxygens (including phenoxy) is 2. The molecular formula is C14H19NO2. The summed E-state index contributed by atoms with van der Waals surface area (Å²) in [6.45, 7) is 1.58. The van der Waals surface area contributed by atoms with Gasteiger partial charge in [-0.1, -0.05) is 18.2 Å². The summed E-state index contributed by atoms with van der Waals surface area (Å²) < 4.78 is 11.3. The standard InChI is InChI=1S/C14H19NO2/c15-14(5-7-16-8-6-14)10-12-9-11-3-1-2-4-13(11)17-12/h1-4,12H,5-10,15H2. The van der Waals surface area contributed by atoms with E-state index < -0.39 is 0 Å². The molecule has 1 saturated heterocycles. The third-order valence-electron chi connectivity index (χ3n) is 3.84. The van der Waals surface area contributed by atoms with E-state index in [0.29, 0.717) is 0 Å². The molecule has 1 atom stereocenters. The summed E-state index contributed by atoms with van der Waals surface area (Å²) in [6, 6.07) is 8.27. The molecule has 92 valence electrons. The Kier molecular flexibility index (Phi) is 2.81. The molecule has 0 spiro atoms. The van der Waals surface area contributed by atoms with Crippen LogP contribution in [0, 0.1) is 0 Å². The monoisotopic (exact) mass is 233 g/mol. The van der Waals surface area contributed by atoms with Gasteiger partial charge in [-0.2, -0.15) is 0 Å². The van der Waals surface area contributed by atoms with E-state index in [9.17, 15) is 0 Å². The van der Waals surface area contributed by atoms with Gasteiger partial charge in [0, 0.05) is 31.6 Å². The van der Waals surface area contributed by atoms with Crippen LogP contribution in [0.3, 0.4) is 0 Å². The van der Waals surface area contributed by atoms with Gasteiger partial charge in [-0.05, 0) is 24.5 Å². The van der Waals surface area contributed by atoms with Crippen LogP contribution in [-0.2, 0) is 11.2 Å². The van der Waals surface area contributed by atoms with Crippen molar-refractivity contribution in [2.45, 2.75) is 37.3 Å². The first-order valence-electron chi connectivity index (χ1n) is 6.36. The quantitative estimate of drug-likeness (QED) is 0.848. The van der Waals surface area contributed by atoms with Gasteiger partial charge in [-0.3, -0.25) is 0 Å². The number of hydrogen-bond acceptors (Lipinski definition) is 3. The molecule has 1 unspecified atom stereocenters. The maximum absolute atomic E-state index is 6.41. The van der Waals surface area contributed by atoms with Gasteiger partial charge in [-0.25, -0.2) is 0 Å². The number of hydrogen-bond donors (Lipinski definition) is 1. The number of para-hydroxylation sites is 1. The van der Waals surface area contributed by atoms with E-state index >= 15 is 0 Å². The lowest BCUT2D eigenvalue weighted by molar-refractivity contribution is 0.0363. The van der Waals surface area contributed by atoms with Crippen LogP contribution in [0.15, 0.2) is 24.3 Å². The summed E-state index contributed by atoms with van der Waals surface area (Å²) in [4.78, 5) is 0. The van der Waals surface area contributed by atoms with E-state index in [4.69, 9.17) is 15.2 Å². The lowest BCUT2D eigenvalue weighted by Gasteiger charge is -2.35. The molecule has 1 aromatic rings. The van der Waals surface area contributed by atoms with E-state index in [1.165, 1.54) is 5.56 Å². The summed E-state index contributed by atoms with van der Waals surface area (Å²) in [6.07, 6.45) is 4.07. The van der Waals surface area contributed by atoms with Crippen LogP contribution in [0.1, 0.15) is 24.8 Å². The first-order chi connectivity index (χ1) is 8.25. The number of rotatable bonds is 2. The fourth-order valence-corrected chi connectivity index (χ4v) is 2.80.